The van der Waals surface area contributed by atoms with E-state index in [-0.39, 0.29) is 12.6 Å². The molecule has 0 bridgehead atoms. The zero-order valence-corrected chi connectivity index (χ0v) is 13.9. The van der Waals surface area contributed by atoms with Crippen molar-refractivity contribution in [1.29, 1.82) is 0 Å². The van der Waals surface area contributed by atoms with Crippen LogP contribution in [0.3, 0.4) is 0 Å². The van der Waals surface area contributed by atoms with Gasteiger partial charge in [-0.25, -0.2) is 4.79 Å². The van der Waals surface area contributed by atoms with Gasteiger partial charge in [0.2, 0.25) is 0 Å². The number of hydrogen-bond acceptors (Lipinski definition) is 3. The molecule has 1 fully saturated rings. The Balaban J connectivity index is 1.59. The van der Waals surface area contributed by atoms with E-state index in [1.807, 2.05) is 42.3 Å². The van der Waals surface area contributed by atoms with Gasteiger partial charge in [0.25, 0.3) is 0 Å². The van der Waals surface area contributed by atoms with Crippen molar-refractivity contribution in [2.24, 2.45) is 5.92 Å². The van der Waals surface area contributed by atoms with E-state index >= 15 is 0 Å². The minimum Gasteiger partial charge on any atom is -0.494 e. The minimum atomic E-state index is -0.0165. The molecule has 1 aliphatic rings. The summed E-state index contributed by atoms with van der Waals surface area (Å²) in [5, 5.41) is 12.1. The summed E-state index contributed by atoms with van der Waals surface area (Å²) in [4.78, 5) is 14.0. The summed E-state index contributed by atoms with van der Waals surface area (Å²) in [5.74, 6) is 1.27. The molecule has 2 rings (SSSR count). The Morgan fingerprint density at radius 2 is 1.96 bits per heavy atom. The average Bonchev–Trinajstić information content (AvgIpc) is 2.61. The highest BCUT2D eigenvalue weighted by molar-refractivity contribution is 5.74. The molecular formula is C18H28N2O3. The first-order chi connectivity index (χ1) is 11.2. The van der Waals surface area contributed by atoms with E-state index in [9.17, 15) is 4.79 Å². The number of aliphatic hydroxyl groups excluding tert-OH is 1. The molecule has 2 amide bonds. The second-order valence-electron chi connectivity index (χ2n) is 6.22. The van der Waals surface area contributed by atoms with Crippen molar-refractivity contribution in [2.75, 3.05) is 26.8 Å². The number of nitrogens with one attached hydrogen (secondary N) is 1. The summed E-state index contributed by atoms with van der Waals surface area (Å²) >= 11 is 0. The van der Waals surface area contributed by atoms with E-state index in [0.29, 0.717) is 25.1 Å². The van der Waals surface area contributed by atoms with Crippen LogP contribution in [-0.4, -0.2) is 48.9 Å². The normalized spacial score (nSPS) is 20.8. The summed E-state index contributed by atoms with van der Waals surface area (Å²) < 4.78 is 5.60. The van der Waals surface area contributed by atoms with Gasteiger partial charge < -0.3 is 20.1 Å². The summed E-state index contributed by atoms with van der Waals surface area (Å²) in [6.07, 6.45) is 4.75. The SMILES string of the molecule is CN(C(=O)NCCCOc1ccccc1)C1CCC(CO)CC1. The predicted octanol–water partition coefficient (Wildman–Crippen LogP) is 2.65. The first kappa shape index (κ1) is 17.6. The van der Waals surface area contributed by atoms with Gasteiger partial charge in [-0.2, -0.15) is 0 Å². The molecule has 5 heteroatoms. The van der Waals surface area contributed by atoms with Crippen molar-refractivity contribution >= 4 is 6.03 Å². The van der Waals surface area contributed by atoms with Crippen molar-refractivity contribution in [2.45, 2.75) is 38.1 Å². The molecule has 0 atom stereocenters. The standard InChI is InChI=1S/C18H28N2O3/c1-20(16-10-8-15(14-21)9-11-16)18(22)19-12-5-13-23-17-6-3-2-4-7-17/h2-4,6-7,15-16,21H,5,8-14H2,1H3,(H,19,22). The molecule has 0 unspecified atom stereocenters. The number of carbonyl (C=O) groups is 1. The van der Waals surface area contributed by atoms with Gasteiger partial charge in [0, 0.05) is 26.2 Å². The van der Waals surface area contributed by atoms with Crippen LogP contribution in [0.25, 0.3) is 0 Å². The van der Waals surface area contributed by atoms with Gasteiger partial charge in [0.05, 0.1) is 6.61 Å². The van der Waals surface area contributed by atoms with Gasteiger partial charge >= 0.3 is 6.03 Å². The molecule has 0 radical (unpaired) electrons. The molecule has 0 aromatic heterocycles. The van der Waals surface area contributed by atoms with Gasteiger partial charge in [-0.3, -0.25) is 0 Å². The van der Waals surface area contributed by atoms with Crippen molar-refractivity contribution in [3.63, 3.8) is 0 Å². The largest absolute Gasteiger partial charge is 0.494 e. The number of ether oxygens (including phenoxy) is 1. The third kappa shape index (κ3) is 5.75. The molecule has 2 N–H and O–H groups in total. The van der Waals surface area contributed by atoms with Crippen LogP contribution in [0.15, 0.2) is 30.3 Å². The second-order valence-corrected chi connectivity index (χ2v) is 6.22. The van der Waals surface area contributed by atoms with Crippen LogP contribution >= 0.6 is 0 Å². The van der Waals surface area contributed by atoms with Crippen LogP contribution < -0.4 is 10.1 Å². The molecule has 1 aromatic rings. The van der Waals surface area contributed by atoms with E-state index in [1.165, 1.54) is 0 Å². The molecule has 128 valence electrons. The van der Waals surface area contributed by atoms with E-state index in [2.05, 4.69) is 5.32 Å². The Morgan fingerprint density at radius 1 is 1.26 bits per heavy atom. The number of nitrogens with zero attached hydrogens (tertiary/aromatic N) is 1. The molecule has 0 heterocycles. The van der Waals surface area contributed by atoms with Gasteiger partial charge in [0.15, 0.2) is 0 Å². The van der Waals surface area contributed by atoms with Crippen molar-refractivity contribution < 1.29 is 14.6 Å². The van der Waals surface area contributed by atoms with E-state index in [1.54, 1.807) is 0 Å². The van der Waals surface area contributed by atoms with Gasteiger partial charge in [-0.1, -0.05) is 18.2 Å². The Bertz CT molecular complexity index is 459. The van der Waals surface area contributed by atoms with E-state index in [0.717, 1.165) is 37.9 Å². The molecule has 0 aliphatic heterocycles. The number of hydrogen-bond donors (Lipinski definition) is 2. The third-order valence-electron chi connectivity index (χ3n) is 4.55. The molecule has 23 heavy (non-hydrogen) atoms. The van der Waals surface area contributed by atoms with Crippen LogP contribution in [0, 0.1) is 5.92 Å². The molecule has 1 aromatic carbocycles. The highest BCUT2D eigenvalue weighted by atomic mass is 16.5. The molecule has 5 nitrogen and oxygen atoms in total. The predicted molar refractivity (Wildman–Crippen MR) is 90.5 cm³/mol. The fraction of sp³-hybridized carbons (Fsp3) is 0.611. The topological polar surface area (TPSA) is 61.8 Å². The summed E-state index contributed by atoms with van der Waals surface area (Å²) in [5.41, 5.74) is 0. The van der Waals surface area contributed by atoms with Crippen LogP contribution in [0.1, 0.15) is 32.1 Å². The smallest absolute Gasteiger partial charge is 0.317 e. The Morgan fingerprint density at radius 3 is 2.61 bits per heavy atom. The average molecular weight is 320 g/mol. The number of para-hydroxylation sites is 1. The first-order valence-electron chi connectivity index (χ1n) is 8.50. The van der Waals surface area contributed by atoms with Crippen LogP contribution in [0.2, 0.25) is 0 Å². The Hall–Kier alpha value is -1.75. The number of rotatable bonds is 7. The summed E-state index contributed by atoms with van der Waals surface area (Å²) in [6, 6.07) is 9.96. The third-order valence-corrected chi connectivity index (χ3v) is 4.55. The molecule has 0 saturated heterocycles. The first-order valence-corrected chi connectivity index (χ1v) is 8.50. The van der Waals surface area contributed by atoms with Crippen molar-refractivity contribution in [3.05, 3.63) is 30.3 Å². The van der Waals surface area contributed by atoms with Gasteiger partial charge in [0.1, 0.15) is 5.75 Å². The molecule has 0 spiro atoms. The van der Waals surface area contributed by atoms with Crippen LogP contribution in [0.4, 0.5) is 4.79 Å². The minimum absolute atomic E-state index is 0.0165. The number of urea groups is 1. The molecule has 1 aliphatic carbocycles. The second kappa shape index (κ2) is 9.40. The van der Waals surface area contributed by atoms with Crippen LogP contribution in [-0.2, 0) is 0 Å². The highest BCUT2D eigenvalue weighted by Gasteiger charge is 2.25. The number of aliphatic hydroxyl groups is 1. The maximum absolute atomic E-state index is 12.2. The molecular weight excluding hydrogens is 292 g/mol. The Kier molecular flexibility index (Phi) is 7.20. The Labute approximate surface area is 138 Å². The number of carbonyl (C=O) groups excluding carboxylic acids is 1. The lowest BCUT2D eigenvalue weighted by Crippen LogP contribution is -2.45. The monoisotopic (exact) mass is 320 g/mol. The van der Waals surface area contributed by atoms with E-state index in [4.69, 9.17) is 9.84 Å². The van der Waals surface area contributed by atoms with Gasteiger partial charge in [-0.05, 0) is 50.2 Å². The highest BCUT2D eigenvalue weighted by Crippen LogP contribution is 2.26. The number of amides is 2. The lowest BCUT2D eigenvalue weighted by molar-refractivity contribution is 0.134. The van der Waals surface area contributed by atoms with Crippen molar-refractivity contribution in [1.82, 2.24) is 10.2 Å². The zero-order valence-electron chi connectivity index (χ0n) is 13.9. The van der Waals surface area contributed by atoms with Gasteiger partial charge in [-0.15, -0.1) is 0 Å². The quantitative estimate of drug-likeness (QED) is 0.759. The maximum Gasteiger partial charge on any atom is 0.317 e. The molecule has 1 saturated carbocycles. The maximum atomic E-state index is 12.2. The lowest BCUT2D eigenvalue weighted by atomic mass is 9.86. The fourth-order valence-electron chi connectivity index (χ4n) is 2.98. The summed E-state index contributed by atoms with van der Waals surface area (Å²) in [6.45, 7) is 1.47. The number of benzene rings is 1. The van der Waals surface area contributed by atoms with E-state index < -0.39 is 0 Å². The fourth-order valence-corrected chi connectivity index (χ4v) is 2.98. The van der Waals surface area contributed by atoms with Crippen molar-refractivity contribution in [3.8, 4) is 5.75 Å². The van der Waals surface area contributed by atoms with Crippen LogP contribution in [0.5, 0.6) is 5.75 Å². The lowest BCUT2D eigenvalue weighted by Gasteiger charge is -2.34. The zero-order chi connectivity index (χ0) is 16.5. The summed E-state index contributed by atoms with van der Waals surface area (Å²) in [7, 11) is 1.86.